The second-order valence-corrected chi connectivity index (χ2v) is 5.39. The van der Waals surface area contributed by atoms with E-state index >= 15 is 0 Å². The summed E-state index contributed by atoms with van der Waals surface area (Å²) in [5, 5.41) is 8.70. The molecule has 0 bridgehead atoms. The Morgan fingerprint density at radius 1 is 1.47 bits per heavy atom. The lowest BCUT2D eigenvalue weighted by Crippen LogP contribution is -2.64. The lowest BCUT2D eigenvalue weighted by Gasteiger charge is -2.41. The summed E-state index contributed by atoms with van der Waals surface area (Å²) in [5.41, 5.74) is -6.02. The van der Waals surface area contributed by atoms with Crippen LogP contribution in [0.15, 0.2) is 11.8 Å². The summed E-state index contributed by atoms with van der Waals surface area (Å²) in [6.07, 6.45) is -0.792. The minimum atomic E-state index is -5.89. The molecule has 2 atom stereocenters. The molecule has 0 aliphatic carbocycles. The van der Waals surface area contributed by atoms with Crippen molar-refractivity contribution in [3.8, 4) is 0 Å². The van der Waals surface area contributed by atoms with Crippen LogP contribution in [0.25, 0.3) is 0 Å². The molecule has 1 unspecified atom stereocenters. The van der Waals surface area contributed by atoms with Gasteiger partial charge in [-0.1, -0.05) is 6.08 Å². The zero-order chi connectivity index (χ0) is 14.6. The van der Waals surface area contributed by atoms with Gasteiger partial charge in [0.05, 0.1) is 6.04 Å². The molecule has 2 aliphatic heterocycles. The lowest BCUT2D eigenvalue weighted by atomic mass is 9.99. The highest BCUT2D eigenvalue weighted by Crippen LogP contribution is 2.38. The highest BCUT2D eigenvalue weighted by molar-refractivity contribution is 7.87. The first-order chi connectivity index (χ1) is 8.56. The van der Waals surface area contributed by atoms with Crippen LogP contribution in [-0.2, 0) is 23.9 Å². The zero-order valence-electron chi connectivity index (χ0n) is 8.92. The molecule has 2 aliphatic rings. The highest BCUT2D eigenvalue weighted by Gasteiger charge is 2.59. The minimum absolute atomic E-state index is 0.0780. The number of carboxylic acids is 1. The normalized spacial score (nSPS) is 26.8. The van der Waals surface area contributed by atoms with Gasteiger partial charge in [0.25, 0.3) is 5.91 Å². The summed E-state index contributed by atoms with van der Waals surface area (Å²) in [6.45, 7) is 0. The molecule has 0 aromatic carbocycles. The number of aliphatic carboxylic acids is 1. The fourth-order valence-electron chi connectivity index (χ4n) is 1.86. The molecule has 1 N–H and O–H groups in total. The second-order valence-electron chi connectivity index (χ2n) is 3.82. The average molecular weight is 301 g/mol. The molecule has 0 aromatic rings. The fraction of sp³-hybridized carbons (Fsp3) is 0.500. The van der Waals surface area contributed by atoms with E-state index in [1.807, 2.05) is 0 Å². The highest BCUT2D eigenvalue weighted by atomic mass is 32.2. The van der Waals surface area contributed by atoms with E-state index in [9.17, 15) is 31.2 Å². The van der Waals surface area contributed by atoms with Crippen LogP contribution in [0.4, 0.5) is 13.2 Å². The topological polar surface area (TPSA) is 101 Å². The van der Waals surface area contributed by atoms with Crippen LogP contribution in [0.5, 0.6) is 0 Å². The SMILES string of the molecule is O=C(O)C1=CC[C@H]2C(OS(=O)(=O)C(F)(F)F)C(=O)N12. The third-order valence-electron chi connectivity index (χ3n) is 2.71. The second kappa shape index (κ2) is 3.93. The van der Waals surface area contributed by atoms with Gasteiger partial charge in [-0.15, -0.1) is 0 Å². The third-order valence-corrected chi connectivity index (χ3v) is 3.73. The number of carbonyl (C=O) groups is 2. The van der Waals surface area contributed by atoms with Crippen molar-refractivity contribution in [1.29, 1.82) is 0 Å². The van der Waals surface area contributed by atoms with Gasteiger partial charge in [0.15, 0.2) is 6.10 Å². The maximum atomic E-state index is 12.1. The number of carbonyl (C=O) groups excluding carboxylic acids is 1. The molecule has 19 heavy (non-hydrogen) atoms. The van der Waals surface area contributed by atoms with Crippen LogP contribution in [0.3, 0.4) is 0 Å². The van der Waals surface area contributed by atoms with E-state index in [2.05, 4.69) is 4.18 Å². The van der Waals surface area contributed by atoms with Crippen molar-refractivity contribution in [2.75, 3.05) is 0 Å². The quantitative estimate of drug-likeness (QED) is 0.440. The molecular formula is C8H6F3NO6S. The summed E-state index contributed by atoms with van der Waals surface area (Å²) >= 11 is 0. The number of fused-ring (bicyclic) bond motifs is 1. The molecular weight excluding hydrogens is 295 g/mol. The summed E-state index contributed by atoms with van der Waals surface area (Å²) < 4.78 is 61.6. The number of β-lactam (4-membered cyclic amide) rings is 1. The van der Waals surface area contributed by atoms with E-state index in [0.29, 0.717) is 4.90 Å². The molecule has 2 rings (SSSR count). The molecule has 2 heterocycles. The summed E-state index contributed by atoms with van der Waals surface area (Å²) in [7, 11) is -5.89. The number of carboxylic acid groups (broad SMARTS) is 1. The van der Waals surface area contributed by atoms with E-state index in [-0.39, 0.29) is 12.1 Å². The Bertz CT molecular complexity index is 580. The van der Waals surface area contributed by atoms with Crippen molar-refractivity contribution in [2.45, 2.75) is 24.1 Å². The first-order valence-corrected chi connectivity index (χ1v) is 6.23. The summed E-state index contributed by atoms with van der Waals surface area (Å²) in [4.78, 5) is 22.8. The third kappa shape index (κ3) is 1.98. The van der Waals surface area contributed by atoms with Crippen molar-refractivity contribution in [3.63, 3.8) is 0 Å². The van der Waals surface area contributed by atoms with Crippen molar-refractivity contribution in [1.82, 2.24) is 4.90 Å². The summed E-state index contributed by atoms with van der Waals surface area (Å²) in [5.74, 6) is -2.54. The number of halogens is 3. The Morgan fingerprint density at radius 3 is 2.53 bits per heavy atom. The number of hydrogen-bond donors (Lipinski definition) is 1. The largest absolute Gasteiger partial charge is 0.523 e. The first kappa shape index (κ1) is 13.8. The lowest BCUT2D eigenvalue weighted by molar-refractivity contribution is -0.161. The molecule has 1 amide bonds. The molecule has 0 radical (unpaired) electrons. The van der Waals surface area contributed by atoms with Crippen LogP contribution >= 0.6 is 0 Å². The van der Waals surface area contributed by atoms with Gasteiger partial charge >= 0.3 is 21.6 Å². The van der Waals surface area contributed by atoms with Crippen molar-refractivity contribution < 1.29 is 40.5 Å². The number of alkyl halides is 3. The van der Waals surface area contributed by atoms with E-state index in [1.165, 1.54) is 0 Å². The Hall–Kier alpha value is -1.62. The zero-order valence-corrected chi connectivity index (χ0v) is 9.73. The smallest absolute Gasteiger partial charge is 0.477 e. The van der Waals surface area contributed by atoms with Gasteiger partial charge in [-0.25, -0.2) is 8.98 Å². The van der Waals surface area contributed by atoms with Crippen LogP contribution in [0.2, 0.25) is 0 Å². The number of rotatable bonds is 3. The monoisotopic (exact) mass is 301 g/mol. The van der Waals surface area contributed by atoms with E-state index in [1.54, 1.807) is 0 Å². The Labute approximate surface area is 104 Å². The molecule has 1 saturated heterocycles. The van der Waals surface area contributed by atoms with Crippen LogP contribution in [-0.4, -0.2) is 48.0 Å². The predicted octanol–water partition coefficient (Wildman–Crippen LogP) is -0.196. The standard InChI is InChI=1S/C8H6F3NO6S/c9-8(10,11)19(16,17)18-5-3-1-2-4(7(14)15)12(3)6(5)13/h2-3,5H,1H2,(H,14,15)/t3-,5?/m0/s1. The molecule has 11 heteroatoms. The Balaban J connectivity index is 2.14. The van der Waals surface area contributed by atoms with E-state index < -0.39 is 39.6 Å². The maximum Gasteiger partial charge on any atom is 0.523 e. The minimum Gasteiger partial charge on any atom is -0.477 e. The first-order valence-electron chi connectivity index (χ1n) is 4.82. The number of amides is 1. The molecule has 0 saturated carbocycles. The predicted molar refractivity (Wildman–Crippen MR) is 50.8 cm³/mol. The maximum absolute atomic E-state index is 12.1. The van der Waals surface area contributed by atoms with Gasteiger partial charge in [0, 0.05) is 0 Å². The van der Waals surface area contributed by atoms with Crippen molar-refractivity contribution >= 4 is 22.0 Å². The van der Waals surface area contributed by atoms with Gasteiger partial charge in [0.1, 0.15) is 5.70 Å². The molecule has 0 aromatic heterocycles. The van der Waals surface area contributed by atoms with E-state index in [4.69, 9.17) is 5.11 Å². The molecule has 7 nitrogen and oxygen atoms in total. The molecule has 106 valence electrons. The van der Waals surface area contributed by atoms with Crippen molar-refractivity contribution in [3.05, 3.63) is 11.8 Å². The van der Waals surface area contributed by atoms with Gasteiger partial charge in [-0.05, 0) is 6.42 Å². The van der Waals surface area contributed by atoms with Gasteiger partial charge in [-0.2, -0.15) is 21.6 Å². The van der Waals surface area contributed by atoms with Gasteiger partial charge in [0.2, 0.25) is 0 Å². The number of hydrogen-bond acceptors (Lipinski definition) is 5. The van der Waals surface area contributed by atoms with Gasteiger partial charge < -0.3 is 5.11 Å². The van der Waals surface area contributed by atoms with E-state index in [0.717, 1.165) is 6.08 Å². The van der Waals surface area contributed by atoms with Crippen LogP contribution < -0.4 is 0 Å². The van der Waals surface area contributed by atoms with Gasteiger partial charge in [-0.3, -0.25) is 9.69 Å². The van der Waals surface area contributed by atoms with Crippen molar-refractivity contribution in [2.24, 2.45) is 0 Å². The fourth-order valence-corrected chi connectivity index (χ4v) is 2.45. The summed E-state index contributed by atoms with van der Waals surface area (Å²) in [6, 6.07) is -1.03. The van der Waals surface area contributed by atoms with Crippen LogP contribution in [0, 0.1) is 0 Å². The van der Waals surface area contributed by atoms with Crippen LogP contribution in [0.1, 0.15) is 6.42 Å². The Kier molecular flexibility index (Phi) is 2.86. The molecule has 1 fully saturated rings. The average Bonchev–Trinajstić information content (AvgIpc) is 2.64. The number of nitrogens with zero attached hydrogens (tertiary/aromatic N) is 1. The Morgan fingerprint density at radius 2 is 2.05 bits per heavy atom. The molecule has 0 spiro atoms.